The van der Waals surface area contributed by atoms with Crippen molar-refractivity contribution in [3.63, 3.8) is 0 Å². The number of carbonyl (C=O) groups is 2. The van der Waals surface area contributed by atoms with Crippen molar-refractivity contribution in [3.8, 4) is 0 Å². The number of aromatic amines is 1. The van der Waals surface area contributed by atoms with Crippen molar-refractivity contribution in [3.05, 3.63) is 52.3 Å². The molecule has 7 heteroatoms. The zero-order valence-electron chi connectivity index (χ0n) is 12.3. The van der Waals surface area contributed by atoms with Gasteiger partial charge < -0.3 is 10.4 Å². The minimum absolute atomic E-state index is 0.255. The van der Waals surface area contributed by atoms with Crippen molar-refractivity contribution in [2.75, 3.05) is 0 Å². The molecule has 2 aromatic rings. The predicted octanol–water partition coefficient (Wildman–Crippen LogP) is 2.89. The van der Waals surface area contributed by atoms with E-state index in [9.17, 15) is 9.59 Å². The largest absolute Gasteiger partial charge is 0.481 e. The summed E-state index contributed by atoms with van der Waals surface area (Å²) in [6.45, 7) is 0. The maximum Gasteiger partial charge on any atom is 0.305 e. The number of carbonyl (C=O) groups excluding carboxylic acids is 1. The van der Waals surface area contributed by atoms with E-state index >= 15 is 0 Å². The van der Waals surface area contributed by atoms with Crippen LogP contribution in [0.1, 0.15) is 53.0 Å². The van der Waals surface area contributed by atoms with Crippen LogP contribution in [0.5, 0.6) is 0 Å². The van der Waals surface area contributed by atoms with Gasteiger partial charge in [0.2, 0.25) is 0 Å². The van der Waals surface area contributed by atoms with Gasteiger partial charge in [-0.3, -0.25) is 14.7 Å². The van der Waals surface area contributed by atoms with E-state index in [1.165, 1.54) is 0 Å². The van der Waals surface area contributed by atoms with E-state index in [1.807, 2.05) is 0 Å². The normalized spacial score (nSPS) is 15.2. The molecule has 0 unspecified atom stereocenters. The fourth-order valence-corrected chi connectivity index (χ4v) is 2.73. The average Bonchev–Trinajstić information content (AvgIpc) is 3.24. The summed E-state index contributed by atoms with van der Waals surface area (Å²) in [5.74, 6) is -0.974. The first-order valence-corrected chi connectivity index (χ1v) is 7.75. The summed E-state index contributed by atoms with van der Waals surface area (Å²) in [4.78, 5) is 23.4. The van der Waals surface area contributed by atoms with Gasteiger partial charge in [-0.2, -0.15) is 5.10 Å². The molecule has 1 aliphatic rings. The van der Waals surface area contributed by atoms with Gasteiger partial charge in [0, 0.05) is 16.6 Å². The Kier molecular flexibility index (Phi) is 4.34. The molecule has 1 fully saturated rings. The number of rotatable bonds is 6. The Morgan fingerprint density at radius 2 is 2.13 bits per heavy atom. The lowest BCUT2D eigenvalue weighted by Gasteiger charge is -2.18. The summed E-state index contributed by atoms with van der Waals surface area (Å²) in [7, 11) is 0. The monoisotopic (exact) mass is 333 g/mol. The molecule has 0 bridgehead atoms. The Morgan fingerprint density at radius 3 is 2.78 bits per heavy atom. The van der Waals surface area contributed by atoms with Crippen molar-refractivity contribution >= 4 is 23.5 Å². The zero-order valence-corrected chi connectivity index (χ0v) is 13.0. The summed E-state index contributed by atoms with van der Waals surface area (Å²) in [5.41, 5.74) is 1.78. The highest BCUT2D eigenvalue weighted by Crippen LogP contribution is 2.39. The Hall–Kier alpha value is -2.34. The number of aliphatic carboxylic acids is 1. The Bertz CT molecular complexity index is 740. The predicted molar refractivity (Wildman–Crippen MR) is 84.5 cm³/mol. The van der Waals surface area contributed by atoms with Gasteiger partial charge in [0.15, 0.2) is 0 Å². The minimum Gasteiger partial charge on any atom is -0.481 e. The molecule has 1 amide bonds. The lowest BCUT2D eigenvalue weighted by molar-refractivity contribution is -0.137. The molecule has 120 valence electrons. The van der Waals surface area contributed by atoms with Crippen LogP contribution in [0.4, 0.5) is 0 Å². The average molecular weight is 334 g/mol. The molecule has 1 aromatic heterocycles. The highest BCUT2D eigenvalue weighted by atomic mass is 35.5. The second kappa shape index (κ2) is 6.42. The number of nitrogens with one attached hydrogen (secondary N) is 2. The maximum atomic E-state index is 12.3. The third-order valence-electron chi connectivity index (χ3n) is 3.81. The van der Waals surface area contributed by atoms with Gasteiger partial charge in [-0.25, -0.2) is 0 Å². The molecule has 0 aliphatic heterocycles. The summed E-state index contributed by atoms with van der Waals surface area (Å²) in [6.07, 6.45) is 1.95. The quantitative estimate of drug-likeness (QED) is 0.757. The molecule has 1 aliphatic carbocycles. The lowest BCUT2D eigenvalue weighted by Crippen LogP contribution is -2.30. The molecule has 0 saturated heterocycles. The van der Waals surface area contributed by atoms with Crippen LogP contribution in [-0.4, -0.2) is 27.2 Å². The Labute approximate surface area is 137 Å². The van der Waals surface area contributed by atoms with Crippen molar-refractivity contribution in [2.24, 2.45) is 0 Å². The van der Waals surface area contributed by atoms with Gasteiger partial charge in [-0.15, -0.1) is 0 Å². The number of halogens is 1. The molecular formula is C16H16ClN3O3. The van der Waals surface area contributed by atoms with Crippen LogP contribution in [-0.2, 0) is 4.79 Å². The number of carboxylic acid groups (broad SMARTS) is 1. The molecule has 0 radical (unpaired) electrons. The van der Waals surface area contributed by atoms with Gasteiger partial charge >= 0.3 is 5.97 Å². The number of H-pyrrole nitrogens is 1. The van der Waals surface area contributed by atoms with Crippen molar-refractivity contribution in [1.29, 1.82) is 0 Å². The van der Waals surface area contributed by atoms with E-state index in [1.54, 1.807) is 30.3 Å². The highest BCUT2D eigenvalue weighted by Gasteiger charge is 2.27. The number of hydrogen-bond donors (Lipinski definition) is 3. The van der Waals surface area contributed by atoms with Gasteiger partial charge in [0.05, 0.1) is 12.5 Å². The van der Waals surface area contributed by atoms with E-state index in [4.69, 9.17) is 16.7 Å². The SMILES string of the molecule is O=C(O)C[C@H](NC(=O)c1cc(C2CC2)[nH]n1)c1ccccc1Cl. The second-order valence-electron chi connectivity index (χ2n) is 5.63. The summed E-state index contributed by atoms with van der Waals surface area (Å²) >= 11 is 6.12. The molecule has 1 heterocycles. The van der Waals surface area contributed by atoms with Gasteiger partial charge in [0.25, 0.3) is 5.91 Å². The topological polar surface area (TPSA) is 95.1 Å². The van der Waals surface area contributed by atoms with Gasteiger partial charge in [-0.1, -0.05) is 29.8 Å². The standard InChI is InChI=1S/C16H16ClN3O3/c17-11-4-2-1-3-10(11)13(8-15(21)22)18-16(23)14-7-12(19-20-14)9-5-6-9/h1-4,7,9,13H,5-6,8H2,(H,18,23)(H,19,20)(H,21,22)/t13-/m0/s1. The Morgan fingerprint density at radius 1 is 1.39 bits per heavy atom. The molecule has 3 N–H and O–H groups in total. The van der Waals surface area contributed by atoms with Gasteiger partial charge in [0.1, 0.15) is 5.69 Å². The fourth-order valence-electron chi connectivity index (χ4n) is 2.46. The van der Waals surface area contributed by atoms with Crippen LogP contribution in [0.25, 0.3) is 0 Å². The molecule has 1 aromatic carbocycles. The van der Waals surface area contributed by atoms with Crippen LogP contribution in [0.3, 0.4) is 0 Å². The number of hydrogen-bond acceptors (Lipinski definition) is 3. The van der Waals surface area contributed by atoms with Crippen LogP contribution in [0.2, 0.25) is 5.02 Å². The fraction of sp³-hybridized carbons (Fsp3) is 0.312. The van der Waals surface area contributed by atoms with Crippen LogP contribution >= 0.6 is 11.6 Å². The van der Waals surface area contributed by atoms with E-state index < -0.39 is 17.9 Å². The van der Waals surface area contributed by atoms with Gasteiger partial charge in [-0.05, 0) is 30.5 Å². The summed E-state index contributed by atoms with van der Waals surface area (Å²) in [6, 6.07) is 7.88. The molecule has 1 atom stereocenters. The number of benzene rings is 1. The molecular weight excluding hydrogens is 318 g/mol. The number of aromatic nitrogens is 2. The number of carboxylic acids is 1. The molecule has 6 nitrogen and oxygen atoms in total. The smallest absolute Gasteiger partial charge is 0.305 e. The lowest BCUT2D eigenvalue weighted by atomic mass is 10.0. The maximum absolute atomic E-state index is 12.3. The first kappa shape index (κ1) is 15.6. The van der Waals surface area contributed by atoms with E-state index in [0.717, 1.165) is 18.5 Å². The van der Waals surface area contributed by atoms with Crippen molar-refractivity contribution < 1.29 is 14.7 Å². The zero-order chi connectivity index (χ0) is 16.4. The molecule has 23 heavy (non-hydrogen) atoms. The number of amides is 1. The third kappa shape index (κ3) is 3.71. The third-order valence-corrected chi connectivity index (χ3v) is 4.16. The summed E-state index contributed by atoms with van der Waals surface area (Å²) in [5, 5.41) is 19.1. The summed E-state index contributed by atoms with van der Waals surface area (Å²) < 4.78 is 0. The first-order chi connectivity index (χ1) is 11.0. The van der Waals surface area contributed by atoms with E-state index in [-0.39, 0.29) is 12.1 Å². The van der Waals surface area contributed by atoms with E-state index in [2.05, 4.69) is 15.5 Å². The first-order valence-electron chi connectivity index (χ1n) is 7.37. The van der Waals surface area contributed by atoms with E-state index in [0.29, 0.717) is 16.5 Å². The van der Waals surface area contributed by atoms with Crippen LogP contribution in [0.15, 0.2) is 30.3 Å². The molecule has 1 saturated carbocycles. The van der Waals surface area contributed by atoms with Crippen LogP contribution < -0.4 is 5.32 Å². The number of nitrogens with zero attached hydrogens (tertiary/aromatic N) is 1. The van der Waals surface area contributed by atoms with Crippen molar-refractivity contribution in [2.45, 2.75) is 31.2 Å². The Balaban J connectivity index is 1.78. The second-order valence-corrected chi connectivity index (χ2v) is 6.04. The molecule has 0 spiro atoms. The molecule has 3 rings (SSSR count). The van der Waals surface area contributed by atoms with Crippen molar-refractivity contribution in [1.82, 2.24) is 15.5 Å². The minimum atomic E-state index is -1.02. The highest BCUT2D eigenvalue weighted by molar-refractivity contribution is 6.31. The van der Waals surface area contributed by atoms with Crippen LogP contribution in [0, 0.1) is 0 Å².